The molecule has 1 amide bonds. The number of hydrogen-bond acceptors (Lipinski definition) is 6. The van der Waals surface area contributed by atoms with Crippen molar-refractivity contribution in [3.05, 3.63) is 48.7 Å². The van der Waals surface area contributed by atoms with Crippen molar-refractivity contribution in [1.82, 2.24) is 10.1 Å². The van der Waals surface area contributed by atoms with Gasteiger partial charge in [-0.15, -0.1) is 0 Å². The summed E-state index contributed by atoms with van der Waals surface area (Å²) < 4.78 is 5.29. The molecule has 7 heteroatoms. The first-order chi connectivity index (χ1) is 16.1. The molecule has 3 aliphatic rings. The quantitative estimate of drug-likeness (QED) is 0.637. The molecular weight excluding hydrogens is 416 g/mol. The van der Waals surface area contributed by atoms with Gasteiger partial charge >= 0.3 is 0 Å². The van der Waals surface area contributed by atoms with Crippen molar-refractivity contribution in [2.45, 2.75) is 50.2 Å². The molecule has 1 N–H and O–H groups in total. The zero-order valence-corrected chi connectivity index (χ0v) is 18.6. The second kappa shape index (κ2) is 7.99. The number of aromatic nitrogens is 1. The molecule has 1 aliphatic carbocycles. The van der Waals surface area contributed by atoms with Crippen molar-refractivity contribution in [3.63, 3.8) is 0 Å². The maximum absolute atomic E-state index is 12.3. The molecule has 1 aromatic heterocycles. The van der Waals surface area contributed by atoms with Gasteiger partial charge in [0, 0.05) is 37.0 Å². The molecule has 1 saturated carbocycles. The number of carbonyl (C=O) groups excluding carboxylic acids is 1. The van der Waals surface area contributed by atoms with Crippen LogP contribution in [0.2, 0.25) is 0 Å². The van der Waals surface area contributed by atoms with Crippen LogP contribution in [0, 0.1) is 5.92 Å². The number of nitrogens with zero attached hydrogens (tertiary/aromatic N) is 4. The van der Waals surface area contributed by atoms with Gasteiger partial charge in [0.05, 0.1) is 23.5 Å². The number of piperidine rings is 1. The first-order valence-electron chi connectivity index (χ1n) is 11.9. The molecule has 6 rings (SSSR count). The van der Waals surface area contributed by atoms with Crippen LogP contribution in [0.3, 0.4) is 0 Å². The van der Waals surface area contributed by atoms with E-state index in [4.69, 9.17) is 4.52 Å². The summed E-state index contributed by atoms with van der Waals surface area (Å²) in [4.78, 5) is 14.3. The summed E-state index contributed by atoms with van der Waals surface area (Å²) in [5.74, 6) is 0.527. The summed E-state index contributed by atoms with van der Waals surface area (Å²) in [6.45, 7) is 1.31. The first kappa shape index (κ1) is 20.4. The Morgan fingerprint density at radius 2 is 1.91 bits per heavy atom. The van der Waals surface area contributed by atoms with Gasteiger partial charge in [0.1, 0.15) is 0 Å². The van der Waals surface area contributed by atoms with Crippen LogP contribution in [0.1, 0.15) is 38.5 Å². The SMILES string of the molecule is O=C(C1CC1)N1CCC(O)(CC2CC=NN2c2ccc(-c3cccc4oncc34)cc2)CC1. The first-order valence-corrected chi connectivity index (χ1v) is 11.9. The van der Waals surface area contributed by atoms with E-state index in [1.165, 1.54) is 0 Å². The Morgan fingerprint density at radius 1 is 1.12 bits per heavy atom. The van der Waals surface area contributed by atoms with Crippen molar-refractivity contribution in [2.24, 2.45) is 11.0 Å². The highest BCUT2D eigenvalue weighted by Crippen LogP contribution is 2.37. The van der Waals surface area contributed by atoms with E-state index in [-0.39, 0.29) is 17.9 Å². The summed E-state index contributed by atoms with van der Waals surface area (Å²) in [6, 6.07) is 14.4. The molecule has 1 atom stereocenters. The van der Waals surface area contributed by atoms with E-state index < -0.39 is 5.60 Å². The summed E-state index contributed by atoms with van der Waals surface area (Å²) in [5, 5.41) is 22.8. The van der Waals surface area contributed by atoms with Crippen LogP contribution in [0.4, 0.5) is 5.69 Å². The monoisotopic (exact) mass is 444 g/mol. The highest BCUT2D eigenvalue weighted by Gasteiger charge is 2.41. The third kappa shape index (κ3) is 3.91. The molecule has 33 heavy (non-hydrogen) atoms. The lowest BCUT2D eigenvalue weighted by Gasteiger charge is -2.40. The second-order valence-electron chi connectivity index (χ2n) is 9.65. The minimum absolute atomic E-state index is 0.119. The lowest BCUT2D eigenvalue weighted by atomic mass is 9.84. The maximum Gasteiger partial charge on any atom is 0.225 e. The van der Waals surface area contributed by atoms with Gasteiger partial charge in [-0.3, -0.25) is 9.80 Å². The van der Waals surface area contributed by atoms with E-state index in [9.17, 15) is 9.90 Å². The van der Waals surface area contributed by atoms with Crippen molar-refractivity contribution >= 4 is 28.8 Å². The highest BCUT2D eigenvalue weighted by molar-refractivity contribution is 5.93. The molecule has 2 aliphatic heterocycles. The van der Waals surface area contributed by atoms with Crippen molar-refractivity contribution in [1.29, 1.82) is 0 Å². The number of aliphatic hydroxyl groups is 1. The highest BCUT2D eigenvalue weighted by atomic mass is 16.5. The van der Waals surface area contributed by atoms with E-state index in [0.29, 0.717) is 32.4 Å². The van der Waals surface area contributed by atoms with E-state index >= 15 is 0 Å². The van der Waals surface area contributed by atoms with Gasteiger partial charge in [0.25, 0.3) is 0 Å². The smallest absolute Gasteiger partial charge is 0.225 e. The zero-order valence-electron chi connectivity index (χ0n) is 18.6. The Labute approximate surface area is 192 Å². The van der Waals surface area contributed by atoms with Gasteiger partial charge in [-0.1, -0.05) is 29.4 Å². The van der Waals surface area contributed by atoms with Crippen LogP contribution in [0.5, 0.6) is 0 Å². The zero-order chi connectivity index (χ0) is 22.4. The Morgan fingerprint density at radius 3 is 2.67 bits per heavy atom. The van der Waals surface area contributed by atoms with Crippen LogP contribution in [0.25, 0.3) is 22.1 Å². The summed E-state index contributed by atoms with van der Waals surface area (Å²) in [5.41, 5.74) is 3.22. The average Bonchev–Trinajstić information content (AvgIpc) is 3.40. The minimum atomic E-state index is -0.749. The third-order valence-corrected chi connectivity index (χ3v) is 7.32. The largest absolute Gasteiger partial charge is 0.390 e. The van der Waals surface area contributed by atoms with E-state index in [2.05, 4.69) is 40.6 Å². The van der Waals surface area contributed by atoms with Crippen molar-refractivity contribution in [2.75, 3.05) is 18.1 Å². The van der Waals surface area contributed by atoms with Crippen LogP contribution < -0.4 is 5.01 Å². The maximum atomic E-state index is 12.3. The van der Waals surface area contributed by atoms with Crippen LogP contribution >= 0.6 is 0 Å². The molecule has 3 aromatic rings. The molecule has 1 saturated heterocycles. The Balaban J connectivity index is 1.14. The fraction of sp³-hybridized carbons (Fsp3) is 0.423. The standard InChI is InChI=1S/C26H28N4O3/c31-25(19-4-5-19)29-14-11-26(32,12-15-29)16-21-10-13-27-30(21)20-8-6-18(7-9-20)22-2-1-3-24-23(22)17-28-33-24/h1-3,6-9,13,17,19,21,32H,4-5,10-12,14-16H2. The molecule has 170 valence electrons. The molecule has 2 aromatic carbocycles. The van der Waals surface area contributed by atoms with E-state index in [1.54, 1.807) is 6.20 Å². The van der Waals surface area contributed by atoms with Crippen molar-refractivity contribution in [3.8, 4) is 11.1 Å². The fourth-order valence-electron chi connectivity index (χ4n) is 5.21. The molecule has 7 nitrogen and oxygen atoms in total. The number of amides is 1. The molecule has 1 unspecified atom stereocenters. The number of anilines is 1. The van der Waals surface area contributed by atoms with Gasteiger partial charge < -0.3 is 14.5 Å². The molecule has 0 radical (unpaired) electrons. The predicted octanol–water partition coefficient (Wildman–Crippen LogP) is 4.21. The minimum Gasteiger partial charge on any atom is -0.390 e. The Kier molecular flexibility index (Phi) is 4.94. The number of fused-ring (bicyclic) bond motifs is 1. The number of hydrazone groups is 1. The van der Waals surface area contributed by atoms with Gasteiger partial charge in [0.2, 0.25) is 5.91 Å². The number of rotatable bonds is 5. The van der Waals surface area contributed by atoms with Crippen molar-refractivity contribution < 1.29 is 14.4 Å². The van der Waals surface area contributed by atoms with Gasteiger partial charge in [-0.2, -0.15) is 5.10 Å². The van der Waals surface area contributed by atoms with Gasteiger partial charge in [0.15, 0.2) is 5.58 Å². The third-order valence-electron chi connectivity index (χ3n) is 7.32. The summed E-state index contributed by atoms with van der Waals surface area (Å²) in [7, 11) is 0. The topological polar surface area (TPSA) is 82.2 Å². The Bertz CT molecular complexity index is 1190. The average molecular weight is 445 g/mol. The predicted molar refractivity (Wildman–Crippen MR) is 127 cm³/mol. The van der Waals surface area contributed by atoms with Crippen LogP contribution in [-0.2, 0) is 4.79 Å². The number of benzene rings is 2. The number of hydrogen-bond donors (Lipinski definition) is 1. The summed E-state index contributed by atoms with van der Waals surface area (Å²) in [6.07, 6.45) is 8.49. The molecule has 0 bridgehead atoms. The second-order valence-corrected chi connectivity index (χ2v) is 9.65. The Hall–Kier alpha value is -3.19. The molecule has 0 spiro atoms. The molecular formula is C26H28N4O3. The lowest BCUT2D eigenvalue weighted by molar-refractivity contribution is -0.137. The van der Waals surface area contributed by atoms with Crippen LogP contribution in [0.15, 0.2) is 58.3 Å². The number of carbonyl (C=O) groups is 1. The fourth-order valence-corrected chi connectivity index (χ4v) is 5.21. The summed E-state index contributed by atoms with van der Waals surface area (Å²) >= 11 is 0. The molecule has 3 heterocycles. The number of likely N-dealkylation sites (tertiary alicyclic amines) is 1. The molecule has 2 fully saturated rings. The van der Waals surface area contributed by atoms with E-state index in [1.807, 2.05) is 28.3 Å². The normalized spacial score (nSPS) is 22.3. The van der Waals surface area contributed by atoms with Gasteiger partial charge in [-0.05, 0) is 61.4 Å². The van der Waals surface area contributed by atoms with E-state index in [0.717, 1.165) is 47.0 Å². The lowest BCUT2D eigenvalue weighted by Crippen LogP contribution is -2.49. The van der Waals surface area contributed by atoms with Crippen LogP contribution in [-0.4, -0.2) is 52.0 Å². The van der Waals surface area contributed by atoms with Gasteiger partial charge in [-0.25, -0.2) is 0 Å².